The monoisotopic (exact) mass is 284 g/mol. The molecule has 1 aliphatic rings. The average molecular weight is 284 g/mol. The number of hydrogen-bond donors (Lipinski definition) is 1. The van der Waals surface area contributed by atoms with Crippen LogP contribution in [0.1, 0.15) is 54.6 Å². The SMILES string of the molecule is CCCSCc1nc(C)c(CNC2CCCC2)s1. The van der Waals surface area contributed by atoms with Crippen LogP contribution in [0.2, 0.25) is 0 Å². The molecular formula is C14H24N2S2. The van der Waals surface area contributed by atoms with Crippen LogP contribution in [0.25, 0.3) is 0 Å². The van der Waals surface area contributed by atoms with E-state index in [9.17, 15) is 0 Å². The third-order valence-electron chi connectivity index (χ3n) is 3.42. The van der Waals surface area contributed by atoms with Crippen molar-refractivity contribution >= 4 is 23.1 Å². The number of aryl methyl sites for hydroxylation is 1. The van der Waals surface area contributed by atoms with E-state index in [2.05, 4.69) is 24.1 Å². The molecule has 0 amide bonds. The first kappa shape index (κ1) is 14.4. The van der Waals surface area contributed by atoms with Gasteiger partial charge in [0.25, 0.3) is 0 Å². The Balaban J connectivity index is 1.80. The maximum absolute atomic E-state index is 4.69. The van der Waals surface area contributed by atoms with Crippen LogP contribution < -0.4 is 5.32 Å². The number of nitrogens with one attached hydrogen (secondary N) is 1. The van der Waals surface area contributed by atoms with Crippen molar-refractivity contribution in [3.63, 3.8) is 0 Å². The van der Waals surface area contributed by atoms with Gasteiger partial charge in [0.1, 0.15) is 5.01 Å². The van der Waals surface area contributed by atoms with E-state index in [1.165, 1.54) is 53.4 Å². The van der Waals surface area contributed by atoms with Gasteiger partial charge in [-0.3, -0.25) is 0 Å². The smallest absolute Gasteiger partial charge is 0.103 e. The maximum atomic E-state index is 4.69. The summed E-state index contributed by atoms with van der Waals surface area (Å²) in [6.07, 6.45) is 6.77. The van der Waals surface area contributed by atoms with Crippen LogP contribution in [-0.2, 0) is 12.3 Å². The molecule has 2 nitrogen and oxygen atoms in total. The average Bonchev–Trinajstić information content (AvgIpc) is 2.97. The van der Waals surface area contributed by atoms with Gasteiger partial charge < -0.3 is 5.32 Å². The Hall–Kier alpha value is -0.0600. The van der Waals surface area contributed by atoms with Gasteiger partial charge in [-0.1, -0.05) is 19.8 Å². The molecule has 0 radical (unpaired) electrons. The van der Waals surface area contributed by atoms with Crippen LogP contribution in [0.3, 0.4) is 0 Å². The summed E-state index contributed by atoms with van der Waals surface area (Å²) in [7, 11) is 0. The molecular weight excluding hydrogens is 260 g/mol. The molecule has 1 saturated carbocycles. The zero-order valence-corrected chi connectivity index (χ0v) is 13.1. The van der Waals surface area contributed by atoms with Crippen molar-refractivity contribution in [2.24, 2.45) is 0 Å². The quantitative estimate of drug-likeness (QED) is 0.762. The van der Waals surface area contributed by atoms with E-state index in [1.807, 2.05) is 23.1 Å². The van der Waals surface area contributed by atoms with E-state index >= 15 is 0 Å². The minimum atomic E-state index is 0.754. The topological polar surface area (TPSA) is 24.9 Å². The summed E-state index contributed by atoms with van der Waals surface area (Å²) in [5.41, 5.74) is 1.23. The van der Waals surface area contributed by atoms with Crippen molar-refractivity contribution in [3.8, 4) is 0 Å². The van der Waals surface area contributed by atoms with Gasteiger partial charge in [0.2, 0.25) is 0 Å². The molecule has 102 valence electrons. The second-order valence-corrected chi connectivity index (χ2v) is 7.30. The highest BCUT2D eigenvalue weighted by molar-refractivity contribution is 7.98. The van der Waals surface area contributed by atoms with Crippen molar-refractivity contribution in [2.75, 3.05) is 5.75 Å². The van der Waals surface area contributed by atoms with E-state index in [0.717, 1.165) is 18.3 Å². The largest absolute Gasteiger partial charge is 0.309 e. The molecule has 0 atom stereocenters. The Kier molecular flexibility index (Phi) is 5.99. The number of thiazole rings is 1. The number of nitrogens with zero attached hydrogens (tertiary/aromatic N) is 1. The van der Waals surface area contributed by atoms with Gasteiger partial charge in [-0.15, -0.1) is 11.3 Å². The van der Waals surface area contributed by atoms with Crippen molar-refractivity contribution in [1.29, 1.82) is 0 Å². The number of thioether (sulfide) groups is 1. The van der Waals surface area contributed by atoms with Gasteiger partial charge in [-0.05, 0) is 31.9 Å². The lowest BCUT2D eigenvalue weighted by Gasteiger charge is -2.10. The lowest BCUT2D eigenvalue weighted by Crippen LogP contribution is -2.25. The third kappa shape index (κ3) is 4.25. The van der Waals surface area contributed by atoms with E-state index < -0.39 is 0 Å². The maximum Gasteiger partial charge on any atom is 0.103 e. The summed E-state index contributed by atoms with van der Waals surface area (Å²) in [5, 5.41) is 4.98. The normalized spacial score (nSPS) is 16.6. The third-order valence-corrected chi connectivity index (χ3v) is 5.93. The fourth-order valence-corrected chi connectivity index (χ4v) is 4.36. The molecule has 1 N–H and O–H groups in total. The molecule has 4 heteroatoms. The second-order valence-electron chi connectivity index (χ2n) is 5.03. The number of hydrogen-bond acceptors (Lipinski definition) is 4. The summed E-state index contributed by atoms with van der Waals surface area (Å²) in [6.45, 7) is 5.40. The summed E-state index contributed by atoms with van der Waals surface area (Å²) < 4.78 is 0. The van der Waals surface area contributed by atoms with Gasteiger partial charge in [0.15, 0.2) is 0 Å². The standard InChI is InChI=1S/C14H24N2S2/c1-3-8-17-10-14-16-11(2)13(18-14)9-15-12-6-4-5-7-12/h12,15H,3-10H2,1-2H3. The summed E-state index contributed by atoms with van der Waals surface area (Å²) >= 11 is 3.90. The van der Waals surface area contributed by atoms with E-state index in [1.54, 1.807) is 0 Å². The van der Waals surface area contributed by atoms with Crippen molar-refractivity contribution < 1.29 is 0 Å². The first-order chi connectivity index (χ1) is 8.79. The van der Waals surface area contributed by atoms with E-state index in [-0.39, 0.29) is 0 Å². The van der Waals surface area contributed by atoms with Gasteiger partial charge in [0.05, 0.1) is 5.69 Å². The highest BCUT2D eigenvalue weighted by atomic mass is 32.2. The predicted molar refractivity (Wildman–Crippen MR) is 82.4 cm³/mol. The molecule has 1 fully saturated rings. The molecule has 0 aromatic carbocycles. The summed E-state index contributed by atoms with van der Waals surface area (Å²) in [4.78, 5) is 6.12. The zero-order chi connectivity index (χ0) is 12.8. The van der Waals surface area contributed by atoms with Crippen molar-refractivity contribution in [3.05, 3.63) is 15.6 Å². The predicted octanol–water partition coefficient (Wildman–Crippen LogP) is 4.13. The second kappa shape index (κ2) is 7.51. The lowest BCUT2D eigenvalue weighted by atomic mass is 10.2. The Labute approximate surface area is 119 Å². The Morgan fingerprint density at radius 2 is 2.17 bits per heavy atom. The molecule has 0 unspecified atom stereocenters. The van der Waals surface area contributed by atoms with Crippen LogP contribution in [-0.4, -0.2) is 16.8 Å². The molecule has 0 spiro atoms. The molecule has 1 aromatic rings. The molecule has 1 heterocycles. The Bertz CT molecular complexity index is 357. The minimum Gasteiger partial charge on any atom is -0.309 e. The number of rotatable bonds is 7. The molecule has 2 rings (SSSR count). The van der Waals surface area contributed by atoms with Crippen LogP contribution in [0.15, 0.2) is 0 Å². The lowest BCUT2D eigenvalue weighted by molar-refractivity contribution is 0.526. The van der Waals surface area contributed by atoms with Crippen LogP contribution >= 0.6 is 23.1 Å². The molecule has 0 aliphatic heterocycles. The van der Waals surface area contributed by atoms with Crippen LogP contribution in [0, 0.1) is 6.92 Å². The van der Waals surface area contributed by atoms with Crippen LogP contribution in [0.5, 0.6) is 0 Å². The van der Waals surface area contributed by atoms with Crippen LogP contribution in [0.4, 0.5) is 0 Å². The Morgan fingerprint density at radius 3 is 2.89 bits per heavy atom. The van der Waals surface area contributed by atoms with Gasteiger partial charge >= 0.3 is 0 Å². The highest BCUT2D eigenvalue weighted by Gasteiger charge is 2.15. The number of aromatic nitrogens is 1. The highest BCUT2D eigenvalue weighted by Crippen LogP contribution is 2.24. The Morgan fingerprint density at radius 1 is 1.39 bits per heavy atom. The molecule has 1 aliphatic carbocycles. The van der Waals surface area contributed by atoms with Gasteiger partial charge in [-0.2, -0.15) is 11.8 Å². The molecule has 1 aromatic heterocycles. The van der Waals surface area contributed by atoms with E-state index in [4.69, 9.17) is 0 Å². The summed E-state index contributed by atoms with van der Waals surface area (Å²) in [5.74, 6) is 2.33. The van der Waals surface area contributed by atoms with Gasteiger partial charge in [-0.25, -0.2) is 4.98 Å². The first-order valence-corrected chi connectivity index (χ1v) is 9.03. The van der Waals surface area contributed by atoms with Crippen molar-refractivity contribution in [2.45, 2.75) is 64.3 Å². The first-order valence-electron chi connectivity index (χ1n) is 7.06. The fraction of sp³-hybridized carbons (Fsp3) is 0.786. The molecule has 0 bridgehead atoms. The van der Waals surface area contributed by atoms with Crippen molar-refractivity contribution in [1.82, 2.24) is 10.3 Å². The van der Waals surface area contributed by atoms with E-state index in [0.29, 0.717) is 0 Å². The fourth-order valence-electron chi connectivity index (χ4n) is 2.38. The minimum absolute atomic E-state index is 0.754. The molecule has 0 saturated heterocycles. The molecule has 18 heavy (non-hydrogen) atoms. The summed E-state index contributed by atoms with van der Waals surface area (Å²) in [6, 6.07) is 0.754. The van der Waals surface area contributed by atoms with Gasteiger partial charge in [0, 0.05) is 23.2 Å². The zero-order valence-electron chi connectivity index (χ0n) is 11.5.